The third-order valence-corrected chi connectivity index (χ3v) is 2.72. The van der Waals surface area contributed by atoms with Gasteiger partial charge in [0.1, 0.15) is 5.75 Å². The molecule has 0 aliphatic heterocycles. The van der Waals surface area contributed by atoms with Crippen LogP contribution in [0.4, 0.5) is 0 Å². The molecule has 0 radical (unpaired) electrons. The fourth-order valence-corrected chi connectivity index (χ4v) is 1.72. The Kier molecular flexibility index (Phi) is 4.78. The molecule has 7 heteroatoms. The third-order valence-electron chi connectivity index (χ3n) is 2.72. The second-order valence-corrected chi connectivity index (χ2v) is 3.98. The molecule has 1 heterocycles. The molecular weight excluding hydrogens is 276 g/mol. The minimum absolute atomic E-state index is 0.169. The fourth-order valence-electron chi connectivity index (χ4n) is 1.72. The van der Waals surface area contributed by atoms with Crippen LogP contribution in [-0.2, 0) is 6.61 Å². The smallest absolute Gasteiger partial charge is 0.238 e. The van der Waals surface area contributed by atoms with E-state index in [0.29, 0.717) is 34.6 Å². The minimum atomic E-state index is -0.169. The average Bonchev–Trinajstić information content (AvgIpc) is 2.54. The highest BCUT2D eigenvalue weighted by molar-refractivity contribution is 5.56. The van der Waals surface area contributed by atoms with Crippen molar-refractivity contribution in [1.29, 1.82) is 0 Å². The number of methoxy groups -OCH3 is 3. The summed E-state index contributed by atoms with van der Waals surface area (Å²) in [6.07, 6.45) is 0. The van der Waals surface area contributed by atoms with Crippen molar-refractivity contribution >= 4 is 0 Å². The summed E-state index contributed by atoms with van der Waals surface area (Å²) in [7, 11) is 4.58. The van der Waals surface area contributed by atoms with Crippen LogP contribution in [0.15, 0.2) is 24.3 Å². The lowest BCUT2D eigenvalue weighted by molar-refractivity contribution is 0.274. The van der Waals surface area contributed by atoms with Crippen molar-refractivity contribution in [3.8, 4) is 28.9 Å². The predicted octanol–water partition coefficient (Wildman–Crippen LogP) is 1.79. The van der Waals surface area contributed by atoms with Crippen molar-refractivity contribution < 1.29 is 24.1 Å². The SMILES string of the molecule is COc1cc(Oc2ccc(CO)nn2)cc(OC)c1OC. The normalized spacial score (nSPS) is 10.1. The zero-order valence-corrected chi connectivity index (χ0v) is 12.0. The number of nitrogens with zero attached hydrogens (tertiary/aromatic N) is 2. The molecule has 1 N–H and O–H groups in total. The van der Waals surface area contributed by atoms with Gasteiger partial charge in [0.15, 0.2) is 11.5 Å². The largest absolute Gasteiger partial charge is 0.493 e. The topological polar surface area (TPSA) is 82.9 Å². The summed E-state index contributed by atoms with van der Waals surface area (Å²) < 4.78 is 21.3. The molecule has 0 atom stereocenters. The standard InChI is InChI=1S/C14H16N2O5/c1-18-11-6-10(7-12(19-2)14(11)20-3)21-13-5-4-9(8-17)15-16-13/h4-7,17H,8H2,1-3H3. The molecule has 2 rings (SSSR count). The van der Waals surface area contributed by atoms with Gasteiger partial charge in [-0.3, -0.25) is 0 Å². The Morgan fingerprint density at radius 1 is 0.952 bits per heavy atom. The molecule has 0 aliphatic carbocycles. The van der Waals surface area contributed by atoms with E-state index in [1.54, 1.807) is 24.3 Å². The van der Waals surface area contributed by atoms with Crippen LogP contribution >= 0.6 is 0 Å². The molecule has 0 unspecified atom stereocenters. The average molecular weight is 292 g/mol. The predicted molar refractivity (Wildman–Crippen MR) is 74.1 cm³/mol. The van der Waals surface area contributed by atoms with Crippen molar-refractivity contribution in [3.63, 3.8) is 0 Å². The van der Waals surface area contributed by atoms with Gasteiger partial charge < -0.3 is 24.1 Å². The van der Waals surface area contributed by atoms with E-state index in [1.165, 1.54) is 21.3 Å². The molecule has 0 amide bonds. The summed E-state index contributed by atoms with van der Waals surface area (Å²) in [5, 5.41) is 16.6. The van der Waals surface area contributed by atoms with Gasteiger partial charge in [0.05, 0.1) is 33.6 Å². The van der Waals surface area contributed by atoms with Crippen molar-refractivity contribution in [2.45, 2.75) is 6.61 Å². The molecule has 2 aromatic rings. The van der Waals surface area contributed by atoms with Crippen molar-refractivity contribution in [3.05, 3.63) is 30.0 Å². The molecule has 0 fully saturated rings. The number of aromatic nitrogens is 2. The van der Waals surface area contributed by atoms with Gasteiger partial charge in [-0.1, -0.05) is 0 Å². The van der Waals surface area contributed by atoms with Crippen LogP contribution in [-0.4, -0.2) is 36.6 Å². The van der Waals surface area contributed by atoms with Crippen LogP contribution in [0.1, 0.15) is 5.69 Å². The lowest BCUT2D eigenvalue weighted by atomic mass is 10.2. The van der Waals surface area contributed by atoms with E-state index in [-0.39, 0.29) is 6.61 Å². The molecule has 0 aliphatic rings. The van der Waals surface area contributed by atoms with Gasteiger partial charge in [0.2, 0.25) is 11.6 Å². The molecule has 112 valence electrons. The highest BCUT2D eigenvalue weighted by atomic mass is 16.5. The lowest BCUT2D eigenvalue weighted by Gasteiger charge is -2.14. The Hall–Kier alpha value is -2.54. The third kappa shape index (κ3) is 3.32. The fraction of sp³-hybridized carbons (Fsp3) is 0.286. The number of aliphatic hydroxyl groups excluding tert-OH is 1. The zero-order chi connectivity index (χ0) is 15.2. The van der Waals surface area contributed by atoms with Gasteiger partial charge in [-0.25, -0.2) is 0 Å². The van der Waals surface area contributed by atoms with Crippen LogP contribution in [0.2, 0.25) is 0 Å². The van der Waals surface area contributed by atoms with Crippen LogP contribution in [0, 0.1) is 0 Å². The molecule has 0 saturated heterocycles. The first-order valence-electron chi connectivity index (χ1n) is 6.13. The number of hydrogen-bond donors (Lipinski definition) is 1. The summed E-state index contributed by atoms with van der Waals surface area (Å²) in [4.78, 5) is 0. The molecular formula is C14H16N2O5. The Balaban J connectivity index is 2.30. The molecule has 7 nitrogen and oxygen atoms in total. The second kappa shape index (κ2) is 6.76. The maximum absolute atomic E-state index is 8.92. The monoisotopic (exact) mass is 292 g/mol. The van der Waals surface area contributed by atoms with Gasteiger partial charge in [-0.15, -0.1) is 10.2 Å². The summed E-state index contributed by atoms with van der Waals surface area (Å²) >= 11 is 0. The minimum Gasteiger partial charge on any atom is -0.493 e. The van der Waals surface area contributed by atoms with E-state index >= 15 is 0 Å². The number of rotatable bonds is 6. The summed E-state index contributed by atoms with van der Waals surface area (Å²) in [5.41, 5.74) is 0.465. The van der Waals surface area contributed by atoms with E-state index in [2.05, 4.69) is 10.2 Å². The number of ether oxygens (including phenoxy) is 4. The molecule has 1 aromatic carbocycles. The number of benzene rings is 1. The molecule has 0 saturated carbocycles. The van der Waals surface area contributed by atoms with Gasteiger partial charge in [0.25, 0.3) is 0 Å². The summed E-state index contributed by atoms with van der Waals surface area (Å²) in [6.45, 7) is -0.169. The second-order valence-electron chi connectivity index (χ2n) is 3.98. The maximum Gasteiger partial charge on any atom is 0.238 e. The summed E-state index contributed by atoms with van der Waals surface area (Å²) in [6, 6.07) is 6.55. The van der Waals surface area contributed by atoms with Gasteiger partial charge in [-0.2, -0.15) is 0 Å². The Morgan fingerprint density at radius 2 is 1.62 bits per heavy atom. The van der Waals surface area contributed by atoms with Crippen LogP contribution in [0.3, 0.4) is 0 Å². The van der Waals surface area contributed by atoms with E-state index < -0.39 is 0 Å². The summed E-state index contributed by atoms with van der Waals surface area (Å²) in [5.74, 6) is 2.20. The van der Waals surface area contributed by atoms with E-state index in [0.717, 1.165) is 0 Å². The first-order chi connectivity index (χ1) is 10.2. The maximum atomic E-state index is 8.92. The van der Waals surface area contributed by atoms with Crippen LogP contribution < -0.4 is 18.9 Å². The Morgan fingerprint density at radius 3 is 2.05 bits per heavy atom. The number of aliphatic hydroxyl groups is 1. The Labute approximate surface area is 122 Å². The van der Waals surface area contributed by atoms with Crippen LogP contribution in [0.25, 0.3) is 0 Å². The molecule has 1 aromatic heterocycles. The highest BCUT2D eigenvalue weighted by Gasteiger charge is 2.14. The van der Waals surface area contributed by atoms with E-state index in [4.69, 9.17) is 24.1 Å². The van der Waals surface area contributed by atoms with Crippen molar-refractivity contribution in [2.24, 2.45) is 0 Å². The quantitative estimate of drug-likeness (QED) is 0.869. The first kappa shape index (κ1) is 14.9. The molecule has 21 heavy (non-hydrogen) atoms. The lowest BCUT2D eigenvalue weighted by Crippen LogP contribution is -1.98. The molecule has 0 bridgehead atoms. The van der Waals surface area contributed by atoms with Crippen LogP contribution in [0.5, 0.6) is 28.9 Å². The van der Waals surface area contributed by atoms with E-state index in [1.807, 2.05) is 0 Å². The number of hydrogen-bond acceptors (Lipinski definition) is 7. The molecule has 0 spiro atoms. The zero-order valence-electron chi connectivity index (χ0n) is 12.0. The van der Waals surface area contributed by atoms with Crippen molar-refractivity contribution in [1.82, 2.24) is 10.2 Å². The first-order valence-corrected chi connectivity index (χ1v) is 6.13. The highest BCUT2D eigenvalue weighted by Crippen LogP contribution is 2.41. The van der Waals surface area contributed by atoms with Gasteiger partial charge in [-0.05, 0) is 6.07 Å². The van der Waals surface area contributed by atoms with E-state index in [9.17, 15) is 0 Å². The van der Waals surface area contributed by atoms with Crippen molar-refractivity contribution in [2.75, 3.05) is 21.3 Å². The van der Waals surface area contributed by atoms with Gasteiger partial charge in [0, 0.05) is 18.2 Å². The Bertz CT molecular complexity index is 576. The van der Waals surface area contributed by atoms with Gasteiger partial charge >= 0.3 is 0 Å².